The van der Waals surface area contributed by atoms with E-state index in [2.05, 4.69) is 4.98 Å². The van der Waals surface area contributed by atoms with Crippen LogP contribution >= 0.6 is 11.6 Å². The number of aromatic nitrogens is 1. The third-order valence-corrected chi connectivity index (χ3v) is 2.09. The van der Waals surface area contributed by atoms with Gasteiger partial charge in [0.25, 0.3) is 0 Å². The Morgan fingerprint density at radius 1 is 1.50 bits per heavy atom. The second kappa shape index (κ2) is 3.42. The summed E-state index contributed by atoms with van der Waals surface area (Å²) in [7, 11) is 0. The van der Waals surface area contributed by atoms with Gasteiger partial charge in [-0.3, -0.25) is 0 Å². The lowest BCUT2D eigenvalue weighted by Gasteiger charge is -2.11. The van der Waals surface area contributed by atoms with Gasteiger partial charge in [-0.1, -0.05) is 11.6 Å². The van der Waals surface area contributed by atoms with Crippen LogP contribution in [0.2, 0.25) is 5.15 Å². The number of hydrogen-bond acceptors (Lipinski definition) is 2. The lowest BCUT2D eigenvalue weighted by atomic mass is 10.1. The van der Waals surface area contributed by atoms with Crippen LogP contribution in [0.25, 0.3) is 0 Å². The highest BCUT2D eigenvalue weighted by atomic mass is 35.5. The minimum absolute atomic E-state index is 0.0504. The Hall–Kier alpha value is -0.600. The van der Waals surface area contributed by atoms with Crippen molar-refractivity contribution in [2.75, 3.05) is 0 Å². The maximum atomic E-state index is 5.94. The quantitative estimate of drug-likeness (QED) is 0.681. The van der Waals surface area contributed by atoms with Crippen molar-refractivity contribution in [1.29, 1.82) is 0 Å². The Kier molecular flexibility index (Phi) is 2.70. The summed E-state index contributed by atoms with van der Waals surface area (Å²) >= 11 is 5.94. The summed E-state index contributed by atoms with van der Waals surface area (Å²) in [5.41, 5.74) is 8.73. The second-order valence-electron chi connectivity index (χ2n) is 3.07. The highest BCUT2D eigenvalue weighted by Gasteiger charge is 2.09. The van der Waals surface area contributed by atoms with Crippen LogP contribution < -0.4 is 5.73 Å². The van der Waals surface area contributed by atoms with Gasteiger partial charge in [-0.25, -0.2) is 4.98 Å². The van der Waals surface area contributed by atoms with Gasteiger partial charge in [-0.05, 0) is 32.4 Å². The number of pyridine rings is 1. The first-order chi connectivity index (χ1) is 5.52. The first-order valence-corrected chi connectivity index (χ1v) is 4.29. The van der Waals surface area contributed by atoms with Crippen molar-refractivity contribution in [2.45, 2.75) is 26.8 Å². The molecule has 0 aliphatic carbocycles. The van der Waals surface area contributed by atoms with Crippen LogP contribution in [0.1, 0.15) is 29.8 Å². The fraction of sp³-hybridized carbons (Fsp3) is 0.444. The zero-order valence-corrected chi connectivity index (χ0v) is 8.31. The smallest absolute Gasteiger partial charge is 0.134 e. The van der Waals surface area contributed by atoms with Gasteiger partial charge in [-0.15, -0.1) is 0 Å². The Morgan fingerprint density at radius 3 is 2.50 bits per heavy atom. The Morgan fingerprint density at radius 2 is 2.08 bits per heavy atom. The molecule has 2 N–H and O–H groups in total. The Balaban J connectivity index is 3.28. The van der Waals surface area contributed by atoms with Crippen LogP contribution in [0.3, 0.4) is 0 Å². The minimum atomic E-state index is -0.0504. The van der Waals surface area contributed by atoms with E-state index in [9.17, 15) is 0 Å². The van der Waals surface area contributed by atoms with Gasteiger partial charge in [0.05, 0.1) is 0 Å². The zero-order chi connectivity index (χ0) is 9.30. The number of rotatable bonds is 1. The molecule has 12 heavy (non-hydrogen) atoms. The molecule has 0 aliphatic heterocycles. The van der Waals surface area contributed by atoms with Crippen molar-refractivity contribution in [2.24, 2.45) is 5.73 Å². The summed E-state index contributed by atoms with van der Waals surface area (Å²) in [5, 5.41) is 0.530. The predicted octanol–water partition coefficient (Wildman–Crippen LogP) is 2.37. The van der Waals surface area contributed by atoms with Crippen molar-refractivity contribution in [3.8, 4) is 0 Å². The molecule has 1 atom stereocenters. The molecule has 0 amide bonds. The minimum Gasteiger partial charge on any atom is -0.324 e. The van der Waals surface area contributed by atoms with Gasteiger partial charge in [0.1, 0.15) is 5.15 Å². The second-order valence-corrected chi connectivity index (χ2v) is 3.43. The molecule has 0 spiro atoms. The molecule has 2 nitrogen and oxygen atoms in total. The summed E-state index contributed by atoms with van der Waals surface area (Å²) in [6.45, 7) is 5.83. The standard InChI is InChI=1S/C9H13ClN2/c1-5-4-6(2)12-9(10)8(5)7(3)11/h4,7H,11H2,1-3H3/t7-/m1/s1. The van der Waals surface area contributed by atoms with Crippen molar-refractivity contribution in [3.05, 3.63) is 28.0 Å². The molecule has 0 aromatic carbocycles. The van der Waals surface area contributed by atoms with E-state index in [1.807, 2.05) is 26.8 Å². The van der Waals surface area contributed by atoms with E-state index in [1.165, 1.54) is 0 Å². The summed E-state index contributed by atoms with van der Waals surface area (Å²) in [6, 6.07) is 1.94. The SMILES string of the molecule is Cc1cc(C)c([C@@H](C)N)c(Cl)n1. The topological polar surface area (TPSA) is 38.9 Å². The predicted molar refractivity (Wildman–Crippen MR) is 51.3 cm³/mol. The highest BCUT2D eigenvalue weighted by molar-refractivity contribution is 6.30. The van der Waals surface area contributed by atoms with Crippen LogP contribution in [-0.2, 0) is 0 Å². The van der Waals surface area contributed by atoms with Crippen LogP contribution in [-0.4, -0.2) is 4.98 Å². The largest absolute Gasteiger partial charge is 0.324 e. The Labute approximate surface area is 77.8 Å². The fourth-order valence-electron chi connectivity index (χ4n) is 1.35. The molecule has 1 aromatic heterocycles. The van der Waals surface area contributed by atoms with Gasteiger partial charge in [0.15, 0.2) is 0 Å². The van der Waals surface area contributed by atoms with Gasteiger partial charge in [0, 0.05) is 17.3 Å². The maximum absolute atomic E-state index is 5.94. The normalized spacial score (nSPS) is 13.1. The first kappa shape index (κ1) is 9.49. The molecule has 0 fully saturated rings. The molecule has 0 saturated carbocycles. The van der Waals surface area contributed by atoms with E-state index in [0.717, 1.165) is 16.8 Å². The van der Waals surface area contributed by atoms with Crippen LogP contribution in [0, 0.1) is 13.8 Å². The van der Waals surface area contributed by atoms with E-state index >= 15 is 0 Å². The van der Waals surface area contributed by atoms with E-state index < -0.39 is 0 Å². The van der Waals surface area contributed by atoms with Gasteiger partial charge in [0.2, 0.25) is 0 Å². The van der Waals surface area contributed by atoms with Crippen molar-refractivity contribution in [1.82, 2.24) is 4.98 Å². The lowest BCUT2D eigenvalue weighted by molar-refractivity contribution is 0.801. The van der Waals surface area contributed by atoms with E-state index in [4.69, 9.17) is 17.3 Å². The number of nitrogens with zero attached hydrogens (tertiary/aromatic N) is 1. The van der Waals surface area contributed by atoms with E-state index in [0.29, 0.717) is 5.15 Å². The molecular weight excluding hydrogens is 172 g/mol. The van der Waals surface area contributed by atoms with Crippen LogP contribution in [0.5, 0.6) is 0 Å². The van der Waals surface area contributed by atoms with E-state index in [1.54, 1.807) is 0 Å². The monoisotopic (exact) mass is 184 g/mol. The molecule has 0 aliphatic rings. The van der Waals surface area contributed by atoms with Crippen LogP contribution in [0.4, 0.5) is 0 Å². The van der Waals surface area contributed by atoms with E-state index in [-0.39, 0.29) is 6.04 Å². The van der Waals surface area contributed by atoms with Crippen molar-refractivity contribution >= 4 is 11.6 Å². The fourth-order valence-corrected chi connectivity index (χ4v) is 1.80. The first-order valence-electron chi connectivity index (χ1n) is 3.91. The maximum Gasteiger partial charge on any atom is 0.134 e. The summed E-state index contributed by atoms with van der Waals surface area (Å²) in [5.74, 6) is 0. The van der Waals surface area contributed by atoms with Gasteiger partial charge >= 0.3 is 0 Å². The molecule has 66 valence electrons. The molecule has 0 radical (unpaired) electrons. The molecule has 1 rings (SSSR count). The number of aryl methyl sites for hydroxylation is 2. The zero-order valence-electron chi connectivity index (χ0n) is 7.56. The molecule has 0 unspecified atom stereocenters. The van der Waals surface area contributed by atoms with Crippen molar-refractivity contribution < 1.29 is 0 Å². The molecule has 1 heterocycles. The van der Waals surface area contributed by atoms with Gasteiger partial charge < -0.3 is 5.73 Å². The lowest BCUT2D eigenvalue weighted by Crippen LogP contribution is -2.09. The third-order valence-electron chi connectivity index (χ3n) is 1.80. The average Bonchev–Trinajstić information content (AvgIpc) is 1.82. The molecule has 1 aromatic rings. The molecule has 0 bridgehead atoms. The summed E-state index contributed by atoms with van der Waals surface area (Å²) in [4.78, 5) is 4.14. The number of hydrogen-bond donors (Lipinski definition) is 1. The third kappa shape index (κ3) is 1.76. The number of nitrogens with two attached hydrogens (primary N) is 1. The Bertz CT molecular complexity index is 272. The molecule has 3 heteroatoms. The summed E-state index contributed by atoms with van der Waals surface area (Å²) in [6.07, 6.45) is 0. The highest BCUT2D eigenvalue weighted by Crippen LogP contribution is 2.23. The average molecular weight is 185 g/mol. The summed E-state index contributed by atoms with van der Waals surface area (Å²) < 4.78 is 0. The number of halogens is 1. The molecular formula is C9H13ClN2. The van der Waals surface area contributed by atoms with Crippen LogP contribution in [0.15, 0.2) is 6.07 Å². The van der Waals surface area contributed by atoms with Crippen molar-refractivity contribution in [3.63, 3.8) is 0 Å². The van der Waals surface area contributed by atoms with Gasteiger partial charge in [-0.2, -0.15) is 0 Å². The molecule has 0 saturated heterocycles.